The highest BCUT2D eigenvalue weighted by Gasteiger charge is 2.46. The predicted octanol–water partition coefficient (Wildman–Crippen LogP) is 1.96. The number of nitrogens with one attached hydrogen (secondary N) is 1. The van der Waals surface area contributed by atoms with Crippen LogP contribution in [0.4, 0.5) is 23.2 Å². The van der Waals surface area contributed by atoms with Gasteiger partial charge < -0.3 is 0 Å². The van der Waals surface area contributed by atoms with Gasteiger partial charge in [0.1, 0.15) is 11.9 Å². The van der Waals surface area contributed by atoms with Gasteiger partial charge in [0, 0.05) is 0 Å². The van der Waals surface area contributed by atoms with Crippen molar-refractivity contribution in [1.29, 1.82) is 5.26 Å². The Kier molecular flexibility index (Phi) is 3.28. The predicted molar refractivity (Wildman–Crippen MR) is 49.7 cm³/mol. The van der Waals surface area contributed by atoms with Crippen molar-refractivity contribution in [2.24, 2.45) is 0 Å². The lowest BCUT2D eigenvalue weighted by atomic mass is 10.2. The number of hydrogen-bond donors (Lipinski definition) is 1. The molecular weight excluding hydrogens is 264 g/mol. The molecule has 0 unspecified atom stereocenters. The van der Waals surface area contributed by atoms with Crippen LogP contribution >= 0.6 is 0 Å². The van der Waals surface area contributed by atoms with Gasteiger partial charge in [-0.2, -0.15) is 26.9 Å². The molecule has 17 heavy (non-hydrogen) atoms. The highest BCUT2D eigenvalue weighted by Crippen LogP contribution is 2.26. The topological polar surface area (TPSA) is 70.0 Å². The molecule has 92 valence electrons. The van der Waals surface area contributed by atoms with Crippen molar-refractivity contribution in [2.75, 3.05) is 4.72 Å². The highest BCUT2D eigenvalue weighted by molar-refractivity contribution is 7.93. The van der Waals surface area contributed by atoms with Gasteiger partial charge in [-0.1, -0.05) is 0 Å². The van der Waals surface area contributed by atoms with Crippen LogP contribution in [0.5, 0.6) is 0 Å². The van der Waals surface area contributed by atoms with E-state index in [4.69, 9.17) is 5.26 Å². The fourth-order valence-electron chi connectivity index (χ4n) is 0.901. The molecule has 1 N–H and O–H groups in total. The Balaban J connectivity index is 3.19. The van der Waals surface area contributed by atoms with Crippen LogP contribution < -0.4 is 4.72 Å². The Morgan fingerprint density at radius 2 is 1.88 bits per heavy atom. The second kappa shape index (κ2) is 4.21. The SMILES string of the molecule is N#Cc1cc(F)ccc1NS(=O)(=O)C(F)(F)F. The maximum absolute atomic E-state index is 12.7. The van der Waals surface area contributed by atoms with Gasteiger partial charge in [0.2, 0.25) is 0 Å². The smallest absolute Gasteiger partial charge is 0.275 e. The number of rotatable bonds is 2. The summed E-state index contributed by atoms with van der Waals surface area (Å²) in [6.07, 6.45) is 0. The van der Waals surface area contributed by atoms with Crippen molar-refractivity contribution in [1.82, 2.24) is 0 Å². The van der Waals surface area contributed by atoms with E-state index in [2.05, 4.69) is 0 Å². The summed E-state index contributed by atoms with van der Waals surface area (Å²) in [5.41, 5.74) is -6.68. The molecule has 0 amide bonds. The van der Waals surface area contributed by atoms with E-state index < -0.39 is 32.6 Å². The lowest BCUT2D eigenvalue weighted by Crippen LogP contribution is -2.30. The van der Waals surface area contributed by atoms with E-state index in [1.165, 1.54) is 6.07 Å². The van der Waals surface area contributed by atoms with Gasteiger partial charge >= 0.3 is 15.5 Å². The lowest BCUT2D eigenvalue weighted by molar-refractivity contribution is -0.0429. The molecule has 0 aliphatic rings. The number of sulfonamides is 1. The number of halogens is 4. The van der Waals surface area contributed by atoms with Crippen molar-refractivity contribution < 1.29 is 26.0 Å². The second-order valence-corrected chi connectivity index (χ2v) is 4.53. The lowest BCUT2D eigenvalue weighted by Gasteiger charge is -2.11. The Bertz CT molecular complexity index is 574. The van der Waals surface area contributed by atoms with Gasteiger partial charge in [0.15, 0.2) is 0 Å². The Hall–Kier alpha value is -1.82. The molecule has 0 aromatic heterocycles. The van der Waals surface area contributed by atoms with Crippen molar-refractivity contribution in [2.45, 2.75) is 5.51 Å². The molecule has 0 fully saturated rings. The summed E-state index contributed by atoms with van der Waals surface area (Å²) in [4.78, 5) is 0. The molecule has 0 saturated heterocycles. The highest BCUT2D eigenvalue weighted by atomic mass is 32.2. The molecule has 0 aliphatic carbocycles. The number of nitriles is 1. The third-order valence-corrected chi connectivity index (χ3v) is 2.75. The first-order valence-corrected chi connectivity index (χ1v) is 5.44. The van der Waals surface area contributed by atoms with Crippen LogP contribution in [0.25, 0.3) is 0 Å². The van der Waals surface area contributed by atoms with E-state index in [9.17, 15) is 26.0 Å². The standard InChI is InChI=1S/C8H4F4N2O2S/c9-6-1-2-7(5(3-6)4-13)14-17(15,16)8(10,11)12/h1-3,14H. The molecule has 0 atom stereocenters. The fraction of sp³-hybridized carbons (Fsp3) is 0.125. The molecule has 9 heteroatoms. The number of benzene rings is 1. The average Bonchev–Trinajstić information content (AvgIpc) is 2.18. The van der Waals surface area contributed by atoms with Crippen LogP contribution in [-0.2, 0) is 10.0 Å². The first-order chi connectivity index (χ1) is 7.67. The summed E-state index contributed by atoms with van der Waals surface area (Å²) in [5.74, 6) is -0.864. The molecular formula is C8H4F4N2O2S. The molecule has 0 saturated carbocycles. The van der Waals surface area contributed by atoms with E-state index in [-0.39, 0.29) is 0 Å². The number of alkyl halides is 3. The van der Waals surface area contributed by atoms with Crippen molar-refractivity contribution in [3.63, 3.8) is 0 Å². The van der Waals surface area contributed by atoms with Crippen LogP contribution in [0.15, 0.2) is 18.2 Å². The maximum Gasteiger partial charge on any atom is 0.516 e. The fourth-order valence-corrected chi connectivity index (χ4v) is 1.48. The van der Waals surface area contributed by atoms with E-state index in [0.29, 0.717) is 6.07 Å². The minimum Gasteiger partial charge on any atom is -0.275 e. The molecule has 1 rings (SSSR count). The largest absolute Gasteiger partial charge is 0.516 e. The van der Waals surface area contributed by atoms with E-state index in [1.54, 1.807) is 0 Å². The zero-order valence-electron chi connectivity index (χ0n) is 7.92. The molecule has 0 radical (unpaired) electrons. The number of anilines is 1. The Morgan fingerprint density at radius 3 is 2.35 bits per heavy atom. The van der Waals surface area contributed by atoms with E-state index in [1.807, 2.05) is 0 Å². The third-order valence-electron chi connectivity index (χ3n) is 1.65. The van der Waals surface area contributed by atoms with Crippen LogP contribution in [-0.4, -0.2) is 13.9 Å². The summed E-state index contributed by atoms with van der Waals surface area (Å²) in [5, 5.41) is 8.51. The number of hydrogen-bond acceptors (Lipinski definition) is 3. The van der Waals surface area contributed by atoms with Crippen LogP contribution in [0.2, 0.25) is 0 Å². The van der Waals surface area contributed by atoms with Crippen LogP contribution in [0.1, 0.15) is 5.56 Å². The van der Waals surface area contributed by atoms with E-state index >= 15 is 0 Å². The maximum atomic E-state index is 12.7. The minimum atomic E-state index is -5.62. The summed E-state index contributed by atoms with van der Waals surface area (Å²) < 4.78 is 71.4. The quantitative estimate of drug-likeness (QED) is 0.833. The molecule has 4 nitrogen and oxygen atoms in total. The molecule has 0 bridgehead atoms. The summed E-state index contributed by atoms with van der Waals surface area (Å²) in [6, 6.07) is 3.46. The summed E-state index contributed by atoms with van der Waals surface area (Å²) >= 11 is 0. The van der Waals surface area contributed by atoms with Gasteiger partial charge in [-0.25, -0.2) is 4.39 Å². The Morgan fingerprint density at radius 1 is 1.29 bits per heavy atom. The monoisotopic (exact) mass is 268 g/mol. The first-order valence-electron chi connectivity index (χ1n) is 3.96. The molecule has 0 heterocycles. The van der Waals surface area contributed by atoms with Crippen molar-refractivity contribution in [3.05, 3.63) is 29.6 Å². The molecule has 0 spiro atoms. The normalized spacial score (nSPS) is 11.9. The van der Waals surface area contributed by atoms with Gasteiger partial charge in [0.05, 0.1) is 11.3 Å². The average molecular weight is 268 g/mol. The van der Waals surface area contributed by atoms with Crippen molar-refractivity contribution >= 4 is 15.7 Å². The first kappa shape index (κ1) is 13.2. The van der Waals surface area contributed by atoms with Crippen molar-refractivity contribution in [3.8, 4) is 6.07 Å². The van der Waals surface area contributed by atoms with E-state index in [0.717, 1.165) is 16.9 Å². The molecule has 1 aromatic rings. The van der Waals surface area contributed by atoms with Crippen LogP contribution in [0, 0.1) is 17.1 Å². The van der Waals surface area contributed by atoms with Gasteiger partial charge in [0.25, 0.3) is 0 Å². The molecule has 0 aliphatic heterocycles. The van der Waals surface area contributed by atoms with Crippen LogP contribution in [0.3, 0.4) is 0 Å². The minimum absolute atomic E-state index is 0.544. The number of nitrogens with zero attached hydrogens (tertiary/aromatic N) is 1. The summed E-state index contributed by atoms with van der Waals surface area (Å²) in [7, 11) is -5.62. The zero-order chi connectivity index (χ0) is 13.3. The Labute approximate surface area is 93.5 Å². The van der Waals surface area contributed by atoms with Gasteiger partial charge in [-0.3, -0.25) is 4.72 Å². The third kappa shape index (κ3) is 2.85. The molecule has 1 aromatic carbocycles. The van der Waals surface area contributed by atoms with Gasteiger partial charge in [-0.05, 0) is 18.2 Å². The summed E-state index contributed by atoms with van der Waals surface area (Å²) in [6.45, 7) is 0. The second-order valence-electron chi connectivity index (χ2n) is 2.85. The van der Waals surface area contributed by atoms with Gasteiger partial charge in [-0.15, -0.1) is 0 Å². The zero-order valence-corrected chi connectivity index (χ0v) is 8.73.